The smallest absolute Gasteiger partial charge is 0.120 e. The highest BCUT2D eigenvalue weighted by Gasteiger charge is 2.20. The number of rotatable bonds is 3. The fourth-order valence-electron chi connectivity index (χ4n) is 1.95. The van der Waals surface area contributed by atoms with E-state index in [1.54, 1.807) is 6.07 Å². The summed E-state index contributed by atoms with van der Waals surface area (Å²) in [5.41, 5.74) is 0.948. The molecule has 0 aromatic heterocycles. The van der Waals surface area contributed by atoms with Gasteiger partial charge < -0.3 is 9.84 Å². The van der Waals surface area contributed by atoms with Crippen LogP contribution in [0.15, 0.2) is 22.7 Å². The number of aromatic hydroxyl groups is 1. The molecule has 0 aliphatic carbocycles. The predicted molar refractivity (Wildman–Crippen MR) is 66.5 cm³/mol. The molecule has 1 unspecified atom stereocenters. The molecule has 2 rings (SSSR count). The minimum absolute atomic E-state index is 0.356. The van der Waals surface area contributed by atoms with E-state index in [-0.39, 0.29) is 0 Å². The first-order valence-electron chi connectivity index (χ1n) is 5.42. The van der Waals surface area contributed by atoms with Crippen LogP contribution >= 0.6 is 15.9 Å². The van der Waals surface area contributed by atoms with Crippen molar-refractivity contribution < 1.29 is 9.84 Å². The first-order chi connectivity index (χ1) is 7.66. The standard InChI is InChI=1S/C12H16BrNO2/c1-14(11-4-5-16-8-11)7-9-6-10(13)2-3-12(9)15/h2-3,6,11,15H,4-5,7-8H2,1H3. The molecule has 0 amide bonds. The second-order valence-electron chi connectivity index (χ2n) is 4.21. The van der Waals surface area contributed by atoms with Crippen molar-refractivity contribution in [2.24, 2.45) is 0 Å². The maximum absolute atomic E-state index is 9.75. The number of nitrogens with zero attached hydrogens (tertiary/aromatic N) is 1. The van der Waals surface area contributed by atoms with Crippen molar-refractivity contribution in [3.05, 3.63) is 28.2 Å². The summed E-state index contributed by atoms with van der Waals surface area (Å²) in [4.78, 5) is 2.23. The van der Waals surface area contributed by atoms with Crippen molar-refractivity contribution in [1.29, 1.82) is 0 Å². The number of phenols is 1. The Bertz CT molecular complexity index is 364. The van der Waals surface area contributed by atoms with E-state index in [1.165, 1.54) is 0 Å². The van der Waals surface area contributed by atoms with Crippen LogP contribution < -0.4 is 0 Å². The van der Waals surface area contributed by atoms with Crippen LogP contribution in [0.25, 0.3) is 0 Å². The summed E-state index contributed by atoms with van der Waals surface area (Å²) in [6.07, 6.45) is 1.07. The SMILES string of the molecule is CN(Cc1cc(Br)ccc1O)C1CCOC1. The molecule has 1 aromatic carbocycles. The van der Waals surface area contributed by atoms with Crippen LogP contribution in [-0.4, -0.2) is 36.3 Å². The Morgan fingerprint density at radius 3 is 3.06 bits per heavy atom. The van der Waals surface area contributed by atoms with E-state index >= 15 is 0 Å². The molecule has 1 aromatic rings. The molecular formula is C12H16BrNO2. The van der Waals surface area contributed by atoms with Crippen molar-refractivity contribution in [2.45, 2.75) is 19.0 Å². The molecule has 16 heavy (non-hydrogen) atoms. The second-order valence-corrected chi connectivity index (χ2v) is 5.12. The lowest BCUT2D eigenvalue weighted by Crippen LogP contribution is -2.31. The number of halogens is 1. The predicted octanol–water partition coefficient (Wildman–Crippen LogP) is 2.38. The van der Waals surface area contributed by atoms with Crippen LogP contribution in [0, 0.1) is 0 Å². The first kappa shape index (κ1) is 11.9. The van der Waals surface area contributed by atoms with Gasteiger partial charge in [-0.2, -0.15) is 0 Å². The van der Waals surface area contributed by atoms with Gasteiger partial charge in [-0.1, -0.05) is 15.9 Å². The molecule has 0 spiro atoms. The minimum Gasteiger partial charge on any atom is -0.508 e. The topological polar surface area (TPSA) is 32.7 Å². The molecule has 1 saturated heterocycles. The molecule has 0 radical (unpaired) electrons. The lowest BCUT2D eigenvalue weighted by Gasteiger charge is -2.23. The Kier molecular flexibility index (Phi) is 3.84. The van der Waals surface area contributed by atoms with Gasteiger partial charge >= 0.3 is 0 Å². The zero-order valence-electron chi connectivity index (χ0n) is 9.32. The van der Waals surface area contributed by atoms with Crippen LogP contribution in [0.4, 0.5) is 0 Å². The monoisotopic (exact) mass is 285 g/mol. The minimum atomic E-state index is 0.356. The zero-order valence-corrected chi connectivity index (χ0v) is 10.9. The fraction of sp³-hybridized carbons (Fsp3) is 0.500. The van der Waals surface area contributed by atoms with Gasteiger partial charge in [0.25, 0.3) is 0 Å². The van der Waals surface area contributed by atoms with Gasteiger partial charge in [-0.3, -0.25) is 4.90 Å². The van der Waals surface area contributed by atoms with E-state index in [0.29, 0.717) is 11.8 Å². The molecular weight excluding hydrogens is 270 g/mol. The highest BCUT2D eigenvalue weighted by atomic mass is 79.9. The summed E-state index contributed by atoms with van der Waals surface area (Å²) in [5, 5.41) is 9.75. The van der Waals surface area contributed by atoms with E-state index in [2.05, 4.69) is 27.9 Å². The Hall–Kier alpha value is -0.580. The van der Waals surface area contributed by atoms with Crippen molar-refractivity contribution >= 4 is 15.9 Å². The van der Waals surface area contributed by atoms with E-state index in [1.807, 2.05) is 12.1 Å². The van der Waals surface area contributed by atoms with Crippen molar-refractivity contribution in [3.63, 3.8) is 0 Å². The zero-order chi connectivity index (χ0) is 11.5. The lowest BCUT2D eigenvalue weighted by atomic mass is 10.1. The summed E-state index contributed by atoms with van der Waals surface area (Å²) in [7, 11) is 2.07. The van der Waals surface area contributed by atoms with Crippen molar-refractivity contribution in [3.8, 4) is 5.75 Å². The average molecular weight is 286 g/mol. The first-order valence-corrected chi connectivity index (χ1v) is 6.21. The van der Waals surface area contributed by atoms with Gasteiger partial charge in [-0.25, -0.2) is 0 Å². The summed E-state index contributed by atoms with van der Waals surface area (Å²) in [6, 6.07) is 6.00. The third kappa shape index (κ3) is 2.75. The molecule has 0 bridgehead atoms. The fourth-order valence-corrected chi connectivity index (χ4v) is 2.36. The number of likely N-dealkylation sites (N-methyl/N-ethyl adjacent to an activating group) is 1. The maximum Gasteiger partial charge on any atom is 0.120 e. The normalized spacial score (nSPS) is 20.6. The quantitative estimate of drug-likeness (QED) is 0.926. The van der Waals surface area contributed by atoms with Gasteiger partial charge in [0.2, 0.25) is 0 Å². The molecule has 1 heterocycles. The third-order valence-electron chi connectivity index (χ3n) is 2.99. The maximum atomic E-state index is 9.75. The number of ether oxygens (including phenoxy) is 1. The number of hydrogen-bond acceptors (Lipinski definition) is 3. The molecule has 3 nitrogen and oxygen atoms in total. The summed E-state index contributed by atoms with van der Waals surface area (Å²) in [5.74, 6) is 0.356. The molecule has 1 fully saturated rings. The number of hydrogen-bond donors (Lipinski definition) is 1. The number of phenolic OH excluding ortho intramolecular Hbond substituents is 1. The Labute approximate surface area is 104 Å². The Morgan fingerprint density at radius 1 is 1.56 bits per heavy atom. The second kappa shape index (κ2) is 5.17. The van der Waals surface area contributed by atoms with Crippen molar-refractivity contribution in [2.75, 3.05) is 20.3 Å². The summed E-state index contributed by atoms with van der Waals surface area (Å²) < 4.78 is 6.35. The van der Waals surface area contributed by atoms with E-state index in [9.17, 15) is 5.11 Å². The van der Waals surface area contributed by atoms with E-state index in [4.69, 9.17) is 4.74 Å². The van der Waals surface area contributed by atoms with Gasteiger partial charge in [0.05, 0.1) is 6.61 Å². The molecule has 1 N–H and O–H groups in total. The van der Waals surface area contributed by atoms with Crippen LogP contribution in [-0.2, 0) is 11.3 Å². The van der Waals surface area contributed by atoms with Gasteiger partial charge in [0, 0.05) is 29.2 Å². The number of benzene rings is 1. The highest BCUT2D eigenvalue weighted by molar-refractivity contribution is 9.10. The summed E-state index contributed by atoms with van der Waals surface area (Å²) >= 11 is 3.42. The van der Waals surface area contributed by atoms with Crippen molar-refractivity contribution in [1.82, 2.24) is 4.90 Å². The van der Waals surface area contributed by atoms with Gasteiger partial charge in [0.1, 0.15) is 5.75 Å². The van der Waals surface area contributed by atoms with Gasteiger partial charge in [-0.05, 0) is 31.7 Å². The third-order valence-corrected chi connectivity index (χ3v) is 3.48. The van der Waals surface area contributed by atoms with Gasteiger partial charge in [-0.15, -0.1) is 0 Å². The van der Waals surface area contributed by atoms with Gasteiger partial charge in [0.15, 0.2) is 0 Å². The molecule has 0 saturated carbocycles. The van der Waals surface area contributed by atoms with E-state index < -0.39 is 0 Å². The van der Waals surface area contributed by atoms with E-state index in [0.717, 1.165) is 36.2 Å². The van der Waals surface area contributed by atoms with Crippen LogP contribution in [0.5, 0.6) is 5.75 Å². The molecule has 4 heteroatoms. The average Bonchev–Trinajstić information content (AvgIpc) is 2.76. The van der Waals surface area contributed by atoms with Crippen LogP contribution in [0.1, 0.15) is 12.0 Å². The molecule has 1 atom stereocenters. The van der Waals surface area contributed by atoms with Crippen LogP contribution in [0.3, 0.4) is 0 Å². The lowest BCUT2D eigenvalue weighted by molar-refractivity contribution is 0.156. The molecule has 1 aliphatic heterocycles. The Balaban J connectivity index is 2.04. The summed E-state index contributed by atoms with van der Waals surface area (Å²) in [6.45, 7) is 2.39. The molecule has 88 valence electrons. The highest BCUT2D eigenvalue weighted by Crippen LogP contribution is 2.24. The van der Waals surface area contributed by atoms with Crippen LogP contribution in [0.2, 0.25) is 0 Å². The molecule has 1 aliphatic rings. The largest absolute Gasteiger partial charge is 0.508 e. The Morgan fingerprint density at radius 2 is 2.38 bits per heavy atom.